The molecular formula is C16H25N3S. The molecule has 20 heavy (non-hydrogen) atoms. The Kier molecular flexibility index (Phi) is 5.80. The van der Waals surface area contributed by atoms with E-state index >= 15 is 0 Å². The van der Waals surface area contributed by atoms with Gasteiger partial charge in [-0.2, -0.15) is 5.10 Å². The van der Waals surface area contributed by atoms with Gasteiger partial charge in [0.1, 0.15) is 0 Å². The summed E-state index contributed by atoms with van der Waals surface area (Å²) in [4.78, 5) is 1.45. The third kappa shape index (κ3) is 3.70. The molecule has 0 atom stereocenters. The molecule has 0 amide bonds. The van der Waals surface area contributed by atoms with Crippen LogP contribution in [-0.4, -0.2) is 9.78 Å². The van der Waals surface area contributed by atoms with Gasteiger partial charge in [-0.3, -0.25) is 4.68 Å². The third-order valence-electron chi connectivity index (χ3n) is 3.79. The quantitative estimate of drug-likeness (QED) is 0.791. The Morgan fingerprint density at radius 2 is 2.00 bits per heavy atom. The third-order valence-corrected chi connectivity index (χ3v) is 4.75. The van der Waals surface area contributed by atoms with E-state index in [9.17, 15) is 0 Å². The molecular weight excluding hydrogens is 266 g/mol. The number of aromatic nitrogens is 2. The molecule has 2 aromatic rings. The van der Waals surface area contributed by atoms with E-state index in [2.05, 4.69) is 59.6 Å². The Bertz CT molecular complexity index is 511. The van der Waals surface area contributed by atoms with Crippen LogP contribution in [0.3, 0.4) is 0 Å². The molecule has 0 unspecified atom stereocenters. The van der Waals surface area contributed by atoms with Crippen LogP contribution in [0.15, 0.2) is 23.7 Å². The van der Waals surface area contributed by atoms with Gasteiger partial charge in [-0.1, -0.05) is 20.8 Å². The predicted molar refractivity (Wildman–Crippen MR) is 86.1 cm³/mol. The normalized spacial score (nSPS) is 11.4. The zero-order valence-corrected chi connectivity index (χ0v) is 13.5. The number of thiophene rings is 1. The first-order valence-corrected chi connectivity index (χ1v) is 8.46. The van der Waals surface area contributed by atoms with Crippen molar-refractivity contribution in [2.45, 2.75) is 59.2 Å². The van der Waals surface area contributed by atoms with Gasteiger partial charge in [-0.15, -0.1) is 11.3 Å². The number of rotatable bonds is 8. The molecule has 0 fully saturated rings. The summed E-state index contributed by atoms with van der Waals surface area (Å²) in [6.45, 7) is 8.43. The molecule has 2 heterocycles. The van der Waals surface area contributed by atoms with Crippen LogP contribution in [0.2, 0.25) is 0 Å². The van der Waals surface area contributed by atoms with Gasteiger partial charge in [0, 0.05) is 24.2 Å². The number of hydrogen-bond acceptors (Lipinski definition) is 3. The zero-order chi connectivity index (χ0) is 14.4. The van der Waals surface area contributed by atoms with E-state index in [1.165, 1.54) is 10.4 Å². The molecule has 0 aliphatic carbocycles. The molecule has 2 rings (SSSR count). The van der Waals surface area contributed by atoms with E-state index in [-0.39, 0.29) is 0 Å². The standard InChI is InChI=1S/C16H25N3S/c1-4-13-8-10-20-16(13)12-17-11-14-7-9-19(18-14)15(5-2)6-3/h7-10,15,17H,4-6,11-12H2,1-3H3. The van der Waals surface area contributed by atoms with Gasteiger partial charge in [0.15, 0.2) is 0 Å². The SMILES string of the molecule is CCc1ccsc1CNCc1ccn(C(CC)CC)n1. The summed E-state index contributed by atoms with van der Waals surface area (Å²) in [5.74, 6) is 0. The Morgan fingerprint density at radius 1 is 1.20 bits per heavy atom. The minimum Gasteiger partial charge on any atom is -0.306 e. The first kappa shape index (κ1) is 15.3. The second-order valence-corrected chi connectivity index (χ2v) is 6.08. The topological polar surface area (TPSA) is 29.9 Å². The Hall–Kier alpha value is -1.13. The van der Waals surface area contributed by atoms with Crippen molar-refractivity contribution in [3.8, 4) is 0 Å². The van der Waals surface area contributed by atoms with Crippen LogP contribution in [0.4, 0.5) is 0 Å². The minimum atomic E-state index is 0.535. The molecule has 4 heteroatoms. The maximum Gasteiger partial charge on any atom is 0.0762 e. The van der Waals surface area contributed by atoms with Crippen molar-refractivity contribution in [2.24, 2.45) is 0 Å². The van der Waals surface area contributed by atoms with E-state index in [0.29, 0.717) is 6.04 Å². The maximum atomic E-state index is 4.67. The first-order chi connectivity index (χ1) is 9.78. The summed E-state index contributed by atoms with van der Waals surface area (Å²) in [5, 5.41) is 10.4. The molecule has 0 spiro atoms. The molecule has 0 aliphatic heterocycles. The summed E-state index contributed by atoms with van der Waals surface area (Å²) >= 11 is 1.84. The van der Waals surface area contributed by atoms with Crippen molar-refractivity contribution in [2.75, 3.05) is 0 Å². The lowest BCUT2D eigenvalue weighted by atomic mass is 10.2. The zero-order valence-electron chi connectivity index (χ0n) is 12.7. The predicted octanol–water partition coefficient (Wildman–Crippen LogP) is 4.16. The highest BCUT2D eigenvalue weighted by molar-refractivity contribution is 7.10. The highest BCUT2D eigenvalue weighted by Crippen LogP contribution is 2.17. The highest BCUT2D eigenvalue weighted by atomic mass is 32.1. The van der Waals surface area contributed by atoms with Crippen molar-refractivity contribution < 1.29 is 0 Å². The summed E-state index contributed by atoms with van der Waals surface area (Å²) < 4.78 is 2.11. The van der Waals surface area contributed by atoms with Gasteiger partial charge in [-0.25, -0.2) is 0 Å². The van der Waals surface area contributed by atoms with E-state index < -0.39 is 0 Å². The number of hydrogen-bond donors (Lipinski definition) is 1. The van der Waals surface area contributed by atoms with Crippen LogP contribution < -0.4 is 5.32 Å². The van der Waals surface area contributed by atoms with Gasteiger partial charge in [0.05, 0.1) is 11.7 Å². The summed E-state index contributed by atoms with van der Waals surface area (Å²) in [7, 11) is 0. The Labute approximate surface area is 126 Å². The van der Waals surface area contributed by atoms with Crippen molar-refractivity contribution in [1.82, 2.24) is 15.1 Å². The maximum absolute atomic E-state index is 4.67. The fourth-order valence-electron chi connectivity index (χ4n) is 2.48. The number of aryl methyl sites for hydroxylation is 1. The van der Waals surface area contributed by atoms with Crippen molar-refractivity contribution in [3.63, 3.8) is 0 Å². The van der Waals surface area contributed by atoms with Crippen LogP contribution in [0.5, 0.6) is 0 Å². The molecule has 1 N–H and O–H groups in total. The van der Waals surface area contributed by atoms with Crippen LogP contribution in [0, 0.1) is 0 Å². The first-order valence-electron chi connectivity index (χ1n) is 7.58. The fourth-order valence-corrected chi connectivity index (χ4v) is 3.42. The largest absolute Gasteiger partial charge is 0.306 e. The molecule has 0 bridgehead atoms. The van der Waals surface area contributed by atoms with Crippen molar-refractivity contribution in [3.05, 3.63) is 39.8 Å². The molecule has 0 radical (unpaired) electrons. The molecule has 0 aromatic carbocycles. The fraction of sp³-hybridized carbons (Fsp3) is 0.562. The van der Waals surface area contributed by atoms with E-state index in [4.69, 9.17) is 0 Å². The molecule has 0 saturated carbocycles. The molecule has 0 aliphatic rings. The molecule has 3 nitrogen and oxygen atoms in total. The summed E-state index contributed by atoms with van der Waals surface area (Å²) in [5.41, 5.74) is 2.59. The minimum absolute atomic E-state index is 0.535. The average molecular weight is 291 g/mol. The van der Waals surface area contributed by atoms with Crippen LogP contribution >= 0.6 is 11.3 Å². The van der Waals surface area contributed by atoms with Crippen molar-refractivity contribution in [1.29, 1.82) is 0 Å². The second-order valence-electron chi connectivity index (χ2n) is 5.08. The lowest BCUT2D eigenvalue weighted by Crippen LogP contribution is -2.14. The van der Waals surface area contributed by atoms with Gasteiger partial charge in [0.25, 0.3) is 0 Å². The Morgan fingerprint density at radius 3 is 2.70 bits per heavy atom. The van der Waals surface area contributed by atoms with Gasteiger partial charge in [0.2, 0.25) is 0 Å². The van der Waals surface area contributed by atoms with Crippen LogP contribution in [0.1, 0.15) is 55.8 Å². The Balaban J connectivity index is 1.85. The van der Waals surface area contributed by atoms with E-state index in [1.807, 2.05) is 11.3 Å². The number of nitrogens with zero attached hydrogens (tertiary/aromatic N) is 2. The smallest absolute Gasteiger partial charge is 0.0762 e. The monoisotopic (exact) mass is 291 g/mol. The van der Waals surface area contributed by atoms with Crippen molar-refractivity contribution >= 4 is 11.3 Å². The average Bonchev–Trinajstić information content (AvgIpc) is 3.10. The lowest BCUT2D eigenvalue weighted by Gasteiger charge is -2.12. The van der Waals surface area contributed by atoms with E-state index in [0.717, 1.165) is 38.0 Å². The number of nitrogens with one attached hydrogen (secondary N) is 1. The van der Waals surface area contributed by atoms with Gasteiger partial charge in [-0.05, 0) is 42.3 Å². The lowest BCUT2D eigenvalue weighted by molar-refractivity contribution is 0.424. The summed E-state index contributed by atoms with van der Waals surface area (Å²) in [6.07, 6.45) is 5.50. The second kappa shape index (κ2) is 7.60. The van der Waals surface area contributed by atoms with E-state index in [1.54, 1.807) is 0 Å². The van der Waals surface area contributed by atoms with Gasteiger partial charge < -0.3 is 5.32 Å². The highest BCUT2D eigenvalue weighted by Gasteiger charge is 2.08. The van der Waals surface area contributed by atoms with Gasteiger partial charge >= 0.3 is 0 Å². The van der Waals surface area contributed by atoms with Crippen LogP contribution in [0.25, 0.3) is 0 Å². The molecule has 2 aromatic heterocycles. The molecule has 110 valence electrons. The molecule has 0 saturated heterocycles. The van der Waals surface area contributed by atoms with Crippen LogP contribution in [-0.2, 0) is 19.5 Å². The summed E-state index contributed by atoms with van der Waals surface area (Å²) in [6, 6.07) is 4.89.